The lowest BCUT2D eigenvalue weighted by molar-refractivity contribution is 0.439. The minimum absolute atomic E-state index is 0.366. The molecule has 0 radical (unpaired) electrons. The summed E-state index contributed by atoms with van der Waals surface area (Å²) in [5.41, 5.74) is 6.67. The van der Waals surface area contributed by atoms with E-state index in [1.807, 2.05) is 0 Å². The van der Waals surface area contributed by atoms with Gasteiger partial charge in [-0.25, -0.2) is 4.98 Å². The fraction of sp³-hybridized carbons (Fsp3) is 0.483. The molecule has 2 heterocycles. The monoisotopic (exact) mass is 444 g/mol. The van der Waals surface area contributed by atoms with Gasteiger partial charge in [0.1, 0.15) is 5.82 Å². The molecule has 2 N–H and O–H groups in total. The Morgan fingerprint density at radius 1 is 1.15 bits per heavy atom. The number of nitrogens with one attached hydrogen (secondary N) is 2. The lowest BCUT2D eigenvalue weighted by atomic mass is 9.99. The predicted octanol–water partition coefficient (Wildman–Crippen LogP) is 6.06. The van der Waals surface area contributed by atoms with Crippen molar-refractivity contribution in [3.63, 3.8) is 0 Å². The molecule has 4 heteroatoms. The normalized spacial score (nSPS) is 18.6. The summed E-state index contributed by atoms with van der Waals surface area (Å²) >= 11 is 0. The summed E-state index contributed by atoms with van der Waals surface area (Å²) < 4.78 is 2.62. The van der Waals surface area contributed by atoms with Crippen molar-refractivity contribution in [2.75, 3.05) is 13.1 Å². The number of imidazole rings is 1. The minimum Gasteiger partial charge on any atom is -0.389 e. The standard InChI is InChI=1S/C29H40N4/c1-5-31-23(4)14-15-26-21(2)13-16-27-28(26)32-29(22(3)20-24-10-7-6-8-11-24)33(27)25-12-9-18-30-19-17-25/h5-8,10-11,13,16,22-23,25,30-31H,1,9,12,14-15,17-20H2,2-4H3. The van der Waals surface area contributed by atoms with Crippen LogP contribution in [0, 0.1) is 6.92 Å². The molecule has 4 nitrogen and oxygen atoms in total. The van der Waals surface area contributed by atoms with Crippen molar-refractivity contribution in [3.05, 3.63) is 77.8 Å². The lowest BCUT2D eigenvalue weighted by Crippen LogP contribution is -2.20. The highest BCUT2D eigenvalue weighted by Gasteiger charge is 2.25. The molecule has 176 valence electrons. The van der Waals surface area contributed by atoms with Gasteiger partial charge in [-0.1, -0.05) is 49.9 Å². The maximum atomic E-state index is 5.40. The van der Waals surface area contributed by atoms with Crippen molar-refractivity contribution in [1.29, 1.82) is 0 Å². The molecule has 0 amide bonds. The minimum atomic E-state index is 0.366. The van der Waals surface area contributed by atoms with Crippen LogP contribution in [0.3, 0.4) is 0 Å². The Balaban J connectivity index is 1.76. The van der Waals surface area contributed by atoms with Gasteiger partial charge in [0.25, 0.3) is 0 Å². The zero-order valence-corrected chi connectivity index (χ0v) is 20.6. The first-order valence-corrected chi connectivity index (χ1v) is 12.7. The molecule has 3 aromatic rings. The molecule has 4 rings (SSSR count). The molecule has 0 spiro atoms. The van der Waals surface area contributed by atoms with Crippen molar-refractivity contribution in [2.24, 2.45) is 0 Å². The summed E-state index contributed by atoms with van der Waals surface area (Å²) in [6.45, 7) is 12.8. The third-order valence-electron chi connectivity index (χ3n) is 7.19. The van der Waals surface area contributed by atoms with E-state index < -0.39 is 0 Å². The van der Waals surface area contributed by atoms with Gasteiger partial charge in [0.2, 0.25) is 0 Å². The molecule has 1 aliphatic heterocycles. The second kappa shape index (κ2) is 11.0. The van der Waals surface area contributed by atoms with Crippen LogP contribution in [0.15, 0.2) is 55.2 Å². The number of rotatable bonds is 9. The Morgan fingerprint density at radius 2 is 1.97 bits per heavy atom. The third kappa shape index (κ3) is 5.50. The predicted molar refractivity (Wildman–Crippen MR) is 140 cm³/mol. The van der Waals surface area contributed by atoms with Crippen LogP contribution < -0.4 is 10.6 Å². The summed E-state index contributed by atoms with van der Waals surface area (Å²) in [6, 6.07) is 16.4. The summed E-state index contributed by atoms with van der Waals surface area (Å²) in [6.07, 6.45) is 8.52. The molecule has 1 saturated heterocycles. The highest BCUT2D eigenvalue weighted by atomic mass is 15.1. The van der Waals surface area contributed by atoms with Crippen LogP contribution in [0.5, 0.6) is 0 Å². The van der Waals surface area contributed by atoms with E-state index in [1.165, 1.54) is 52.8 Å². The van der Waals surface area contributed by atoms with Gasteiger partial charge in [0, 0.05) is 18.0 Å². The Bertz CT molecular complexity index is 1040. The Hall–Kier alpha value is -2.59. The van der Waals surface area contributed by atoms with E-state index >= 15 is 0 Å². The molecule has 1 aliphatic rings. The summed E-state index contributed by atoms with van der Waals surface area (Å²) in [7, 11) is 0. The number of fused-ring (bicyclic) bond motifs is 1. The number of hydrogen-bond donors (Lipinski definition) is 2. The zero-order chi connectivity index (χ0) is 23.2. The van der Waals surface area contributed by atoms with Crippen molar-refractivity contribution in [3.8, 4) is 0 Å². The Morgan fingerprint density at radius 3 is 2.76 bits per heavy atom. The number of benzene rings is 2. The van der Waals surface area contributed by atoms with Crippen LogP contribution in [0.4, 0.5) is 0 Å². The highest BCUT2D eigenvalue weighted by Crippen LogP contribution is 2.34. The molecule has 1 aromatic heterocycles. The first-order valence-electron chi connectivity index (χ1n) is 12.7. The van der Waals surface area contributed by atoms with Crippen LogP contribution in [-0.2, 0) is 12.8 Å². The van der Waals surface area contributed by atoms with Gasteiger partial charge in [-0.2, -0.15) is 0 Å². The number of nitrogens with zero attached hydrogens (tertiary/aromatic N) is 2. The number of aryl methyl sites for hydroxylation is 2. The maximum absolute atomic E-state index is 5.40. The highest BCUT2D eigenvalue weighted by molar-refractivity contribution is 5.81. The second-order valence-corrected chi connectivity index (χ2v) is 9.80. The van der Waals surface area contributed by atoms with Crippen LogP contribution in [0.1, 0.15) is 74.0 Å². The van der Waals surface area contributed by atoms with E-state index in [-0.39, 0.29) is 0 Å². The van der Waals surface area contributed by atoms with Crippen molar-refractivity contribution in [1.82, 2.24) is 20.2 Å². The van der Waals surface area contributed by atoms with E-state index in [0.29, 0.717) is 18.0 Å². The topological polar surface area (TPSA) is 41.9 Å². The van der Waals surface area contributed by atoms with Crippen LogP contribution in [0.2, 0.25) is 0 Å². The van der Waals surface area contributed by atoms with Crippen LogP contribution in [-0.4, -0.2) is 28.7 Å². The third-order valence-corrected chi connectivity index (χ3v) is 7.19. The molecular formula is C29H40N4. The molecule has 0 bridgehead atoms. The van der Waals surface area contributed by atoms with E-state index in [2.05, 4.69) is 85.0 Å². The fourth-order valence-electron chi connectivity index (χ4n) is 5.35. The summed E-state index contributed by atoms with van der Waals surface area (Å²) in [5, 5.41) is 6.93. The molecule has 0 saturated carbocycles. The van der Waals surface area contributed by atoms with E-state index in [1.54, 1.807) is 6.20 Å². The second-order valence-electron chi connectivity index (χ2n) is 9.80. The Labute approximate surface area is 199 Å². The average Bonchev–Trinajstić information content (AvgIpc) is 2.99. The van der Waals surface area contributed by atoms with Gasteiger partial charge in [0.15, 0.2) is 0 Å². The van der Waals surface area contributed by atoms with E-state index in [4.69, 9.17) is 4.98 Å². The molecule has 33 heavy (non-hydrogen) atoms. The van der Waals surface area contributed by atoms with Gasteiger partial charge in [-0.15, -0.1) is 0 Å². The molecule has 0 aliphatic carbocycles. The molecule has 2 aromatic carbocycles. The molecule has 3 atom stereocenters. The van der Waals surface area contributed by atoms with E-state index in [9.17, 15) is 0 Å². The van der Waals surface area contributed by atoms with Gasteiger partial charge in [-0.05, 0) is 94.4 Å². The molecule has 3 unspecified atom stereocenters. The van der Waals surface area contributed by atoms with Gasteiger partial charge < -0.3 is 15.2 Å². The Kier molecular flexibility index (Phi) is 7.87. The lowest BCUT2D eigenvalue weighted by Gasteiger charge is -2.23. The van der Waals surface area contributed by atoms with Gasteiger partial charge in [0.05, 0.1) is 11.0 Å². The first kappa shape index (κ1) is 23.6. The SMILES string of the molecule is C=CNC(C)CCc1c(C)ccc2c1nc(C(C)Cc1ccccc1)n2C1CCCNCC1. The average molecular weight is 445 g/mol. The number of hydrogen-bond acceptors (Lipinski definition) is 3. The zero-order valence-electron chi connectivity index (χ0n) is 20.6. The fourth-order valence-corrected chi connectivity index (χ4v) is 5.35. The smallest absolute Gasteiger partial charge is 0.113 e. The van der Waals surface area contributed by atoms with Gasteiger partial charge >= 0.3 is 0 Å². The van der Waals surface area contributed by atoms with E-state index in [0.717, 1.165) is 32.4 Å². The molecule has 1 fully saturated rings. The number of aromatic nitrogens is 2. The van der Waals surface area contributed by atoms with Crippen molar-refractivity contribution >= 4 is 11.0 Å². The quantitative estimate of drug-likeness (QED) is 0.421. The summed E-state index contributed by atoms with van der Waals surface area (Å²) in [5.74, 6) is 1.62. The van der Waals surface area contributed by atoms with Crippen molar-refractivity contribution < 1.29 is 0 Å². The van der Waals surface area contributed by atoms with Crippen LogP contribution in [0.25, 0.3) is 11.0 Å². The largest absolute Gasteiger partial charge is 0.389 e. The van der Waals surface area contributed by atoms with Crippen LogP contribution >= 0.6 is 0 Å². The van der Waals surface area contributed by atoms with Crippen molar-refractivity contribution in [2.45, 2.75) is 77.3 Å². The summed E-state index contributed by atoms with van der Waals surface area (Å²) in [4.78, 5) is 5.40. The maximum Gasteiger partial charge on any atom is 0.113 e. The molecular weight excluding hydrogens is 404 g/mol. The first-order chi connectivity index (χ1) is 16.1. The van der Waals surface area contributed by atoms with Gasteiger partial charge in [-0.3, -0.25) is 0 Å².